The SMILES string of the molecule is C=N/C(N[C@@H](C)c1cc2cccc(-c3cnc4ccccc4c3)c2c(=O)n1-c1ccccc1)=C1/N=CS/C1=N/C. The minimum absolute atomic E-state index is 0.109. The molecule has 2 aromatic heterocycles. The van der Waals surface area contributed by atoms with Gasteiger partial charge in [0.05, 0.1) is 22.5 Å². The van der Waals surface area contributed by atoms with Gasteiger partial charge in [-0.25, -0.2) is 9.98 Å². The zero-order valence-electron chi connectivity index (χ0n) is 22.1. The van der Waals surface area contributed by atoms with Gasteiger partial charge in [0.15, 0.2) is 5.82 Å². The van der Waals surface area contributed by atoms with E-state index in [9.17, 15) is 4.79 Å². The predicted molar refractivity (Wildman–Crippen MR) is 168 cm³/mol. The van der Waals surface area contributed by atoms with Crippen LogP contribution in [0.2, 0.25) is 0 Å². The first-order chi connectivity index (χ1) is 19.6. The molecule has 1 N–H and O–H groups in total. The Hall–Kier alpha value is -4.82. The van der Waals surface area contributed by atoms with Gasteiger partial charge in [0, 0.05) is 35.6 Å². The van der Waals surface area contributed by atoms with E-state index in [0.29, 0.717) is 16.9 Å². The zero-order chi connectivity index (χ0) is 27.6. The summed E-state index contributed by atoms with van der Waals surface area (Å²) in [5, 5.41) is 6.69. The van der Waals surface area contributed by atoms with Crippen LogP contribution in [-0.2, 0) is 0 Å². The van der Waals surface area contributed by atoms with Crippen molar-refractivity contribution in [3.05, 3.63) is 119 Å². The number of hydrogen-bond donors (Lipinski definition) is 1. The van der Waals surface area contributed by atoms with Gasteiger partial charge in [-0.15, -0.1) is 0 Å². The molecule has 0 bridgehead atoms. The summed E-state index contributed by atoms with van der Waals surface area (Å²) in [4.78, 5) is 32.0. The molecule has 6 rings (SSSR count). The number of nitrogens with zero attached hydrogens (tertiary/aromatic N) is 5. The van der Waals surface area contributed by atoms with E-state index in [4.69, 9.17) is 0 Å². The molecule has 3 heterocycles. The van der Waals surface area contributed by atoms with E-state index < -0.39 is 0 Å². The zero-order valence-corrected chi connectivity index (χ0v) is 22.9. The molecule has 0 saturated carbocycles. The van der Waals surface area contributed by atoms with Crippen molar-refractivity contribution >= 4 is 50.7 Å². The molecule has 1 atom stereocenters. The highest BCUT2D eigenvalue weighted by atomic mass is 32.2. The number of para-hydroxylation sites is 2. The van der Waals surface area contributed by atoms with Crippen LogP contribution in [0.4, 0.5) is 0 Å². The van der Waals surface area contributed by atoms with Gasteiger partial charge >= 0.3 is 0 Å². The number of hydrogen-bond acceptors (Lipinski definition) is 7. The Kier molecular flexibility index (Phi) is 6.84. The van der Waals surface area contributed by atoms with Gasteiger partial charge in [0.1, 0.15) is 10.7 Å². The van der Waals surface area contributed by atoms with Gasteiger partial charge in [-0.2, -0.15) is 0 Å². The maximum absolute atomic E-state index is 14.4. The fourth-order valence-electron chi connectivity index (χ4n) is 5.03. The van der Waals surface area contributed by atoms with Crippen LogP contribution in [0.15, 0.2) is 122 Å². The molecule has 7 nitrogen and oxygen atoms in total. The molecule has 196 valence electrons. The van der Waals surface area contributed by atoms with E-state index in [1.165, 1.54) is 11.8 Å². The summed E-state index contributed by atoms with van der Waals surface area (Å²) in [6.45, 7) is 5.75. The Labute approximate surface area is 235 Å². The summed E-state index contributed by atoms with van der Waals surface area (Å²) in [6.07, 6.45) is 1.84. The number of aromatic nitrogens is 2. The number of benzene rings is 3. The molecule has 0 spiro atoms. The van der Waals surface area contributed by atoms with Gasteiger partial charge < -0.3 is 5.32 Å². The molecule has 1 aliphatic rings. The van der Waals surface area contributed by atoms with Gasteiger partial charge in [-0.3, -0.25) is 19.3 Å². The maximum atomic E-state index is 14.4. The van der Waals surface area contributed by atoms with Crippen LogP contribution in [0, 0.1) is 0 Å². The molecule has 1 aliphatic heterocycles. The van der Waals surface area contributed by atoms with Crippen LogP contribution in [0.3, 0.4) is 0 Å². The van der Waals surface area contributed by atoms with Crippen molar-refractivity contribution in [1.82, 2.24) is 14.9 Å². The summed E-state index contributed by atoms with van der Waals surface area (Å²) in [7, 11) is 1.72. The van der Waals surface area contributed by atoms with Crippen LogP contribution in [0.5, 0.6) is 0 Å². The first-order valence-electron chi connectivity index (χ1n) is 12.8. The molecular formula is C32H26N6OS. The molecule has 0 amide bonds. The number of thioether (sulfide) groups is 1. The number of rotatable bonds is 6. The van der Waals surface area contributed by atoms with Crippen LogP contribution < -0.4 is 10.9 Å². The molecule has 5 aromatic rings. The monoisotopic (exact) mass is 542 g/mol. The van der Waals surface area contributed by atoms with E-state index in [1.807, 2.05) is 85.9 Å². The van der Waals surface area contributed by atoms with Crippen molar-refractivity contribution in [2.45, 2.75) is 13.0 Å². The number of pyridine rings is 2. The molecule has 0 saturated heterocycles. The topological polar surface area (TPSA) is 84.0 Å². The highest BCUT2D eigenvalue weighted by molar-refractivity contribution is 8.26. The summed E-state index contributed by atoms with van der Waals surface area (Å²) >= 11 is 1.43. The normalized spacial score (nSPS) is 16.0. The van der Waals surface area contributed by atoms with Crippen LogP contribution in [0.25, 0.3) is 38.5 Å². The summed E-state index contributed by atoms with van der Waals surface area (Å²) in [5.41, 5.74) is 6.46. The predicted octanol–water partition coefficient (Wildman–Crippen LogP) is 6.53. The number of nitrogens with one attached hydrogen (secondary N) is 1. The lowest BCUT2D eigenvalue weighted by Gasteiger charge is -2.23. The van der Waals surface area contributed by atoms with E-state index in [-0.39, 0.29) is 11.6 Å². The molecule has 8 heteroatoms. The van der Waals surface area contributed by atoms with Crippen molar-refractivity contribution in [3.63, 3.8) is 0 Å². The molecule has 0 radical (unpaired) electrons. The Morgan fingerprint density at radius 1 is 1.00 bits per heavy atom. The van der Waals surface area contributed by atoms with Crippen LogP contribution >= 0.6 is 11.8 Å². The third-order valence-electron chi connectivity index (χ3n) is 6.92. The average Bonchev–Trinajstić information content (AvgIpc) is 3.48. The summed E-state index contributed by atoms with van der Waals surface area (Å²) in [5.74, 6) is 0.512. The molecule has 0 unspecified atom stereocenters. The highest BCUT2D eigenvalue weighted by Crippen LogP contribution is 2.31. The van der Waals surface area contributed by atoms with E-state index in [2.05, 4.69) is 44.1 Å². The quantitative estimate of drug-likeness (QED) is 0.247. The first-order valence-corrected chi connectivity index (χ1v) is 13.7. The van der Waals surface area contributed by atoms with Gasteiger partial charge in [-0.05, 0) is 54.9 Å². The average molecular weight is 543 g/mol. The number of aliphatic imine (C=N–C) groups is 3. The third kappa shape index (κ3) is 4.52. The Morgan fingerprint density at radius 2 is 1.77 bits per heavy atom. The van der Waals surface area contributed by atoms with Crippen molar-refractivity contribution in [2.24, 2.45) is 15.0 Å². The Balaban J connectivity index is 1.56. The van der Waals surface area contributed by atoms with Crippen molar-refractivity contribution < 1.29 is 0 Å². The van der Waals surface area contributed by atoms with Crippen LogP contribution in [-0.4, -0.2) is 33.9 Å². The minimum Gasteiger partial charge on any atom is -0.360 e. The number of fused-ring (bicyclic) bond motifs is 2. The Bertz CT molecular complexity index is 1920. The van der Waals surface area contributed by atoms with E-state index in [1.54, 1.807) is 17.2 Å². The second kappa shape index (κ2) is 10.7. The molecule has 0 fully saturated rings. The Morgan fingerprint density at radius 3 is 2.58 bits per heavy atom. The smallest absolute Gasteiger partial charge is 0.263 e. The highest BCUT2D eigenvalue weighted by Gasteiger charge is 2.22. The first kappa shape index (κ1) is 25.5. The van der Waals surface area contributed by atoms with Crippen molar-refractivity contribution in [1.29, 1.82) is 0 Å². The standard InChI is InChI=1S/C32H26N6OS/c1-20(37-30(33-2)29-31(34-3)40-19-36-29)27-17-22-11-9-14-25(23-16-21-10-7-8-15-26(21)35-18-23)28(22)32(39)38(27)24-12-5-4-6-13-24/h4-20,37H,2H2,1,3H3/b30-29-,34-31+/t20-/m0/s1. The lowest BCUT2D eigenvalue weighted by Crippen LogP contribution is -2.29. The minimum atomic E-state index is -0.310. The summed E-state index contributed by atoms with van der Waals surface area (Å²) in [6, 6.07) is 27.4. The van der Waals surface area contributed by atoms with Crippen molar-refractivity contribution in [3.8, 4) is 16.8 Å². The fraction of sp³-hybridized carbons (Fsp3) is 0.0938. The summed E-state index contributed by atoms with van der Waals surface area (Å²) < 4.78 is 1.77. The van der Waals surface area contributed by atoms with E-state index >= 15 is 0 Å². The van der Waals surface area contributed by atoms with Gasteiger partial charge in [0.2, 0.25) is 0 Å². The van der Waals surface area contributed by atoms with Crippen molar-refractivity contribution in [2.75, 3.05) is 7.05 Å². The second-order valence-electron chi connectivity index (χ2n) is 9.33. The largest absolute Gasteiger partial charge is 0.360 e. The third-order valence-corrected chi connectivity index (χ3v) is 7.73. The fourth-order valence-corrected chi connectivity index (χ4v) is 5.66. The maximum Gasteiger partial charge on any atom is 0.263 e. The van der Waals surface area contributed by atoms with Crippen LogP contribution in [0.1, 0.15) is 18.7 Å². The molecular weight excluding hydrogens is 516 g/mol. The molecule has 0 aliphatic carbocycles. The second-order valence-corrected chi connectivity index (χ2v) is 10.2. The van der Waals surface area contributed by atoms with Gasteiger partial charge in [0.25, 0.3) is 5.56 Å². The van der Waals surface area contributed by atoms with E-state index in [0.717, 1.165) is 43.8 Å². The molecule has 3 aromatic carbocycles. The van der Waals surface area contributed by atoms with Gasteiger partial charge in [-0.1, -0.05) is 66.4 Å². The molecule has 40 heavy (non-hydrogen) atoms. The lowest BCUT2D eigenvalue weighted by atomic mass is 9.98. The lowest BCUT2D eigenvalue weighted by molar-refractivity contribution is 0.608.